The van der Waals surface area contributed by atoms with Crippen LogP contribution in [0, 0.1) is 6.92 Å². The number of nitrogens with zero attached hydrogens (tertiary/aromatic N) is 4. The average Bonchev–Trinajstić information content (AvgIpc) is 3.52. The second kappa shape index (κ2) is 10.00. The Morgan fingerprint density at radius 2 is 1.83 bits per heavy atom. The van der Waals surface area contributed by atoms with E-state index in [0.717, 1.165) is 41.1 Å². The minimum atomic E-state index is -5.08. The average molecular weight is 527 g/mol. The first-order valence-corrected chi connectivity index (χ1v) is 11.9. The largest absolute Gasteiger partial charge is 0.490 e. The van der Waals surface area contributed by atoms with Crippen LogP contribution in [0.1, 0.15) is 32.8 Å². The van der Waals surface area contributed by atoms with E-state index in [1.165, 1.54) is 5.56 Å². The summed E-state index contributed by atoms with van der Waals surface area (Å²) in [6.07, 6.45) is -3.04. The van der Waals surface area contributed by atoms with Gasteiger partial charge in [0, 0.05) is 36.2 Å². The van der Waals surface area contributed by atoms with Crippen LogP contribution in [0.15, 0.2) is 48.0 Å². The molecule has 0 radical (unpaired) electrons. The second-order valence-corrected chi connectivity index (χ2v) is 9.85. The number of hydrogen-bond donors (Lipinski definition) is 1. The van der Waals surface area contributed by atoms with Crippen molar-refractivity contribution in [1.82, 2.24) is 19.4 Å². The highest BCUT2D eigenvalue weighted by Gasteiger charge is 2.45. The molecule has 1 N–H and O–H groups in total. The van der Waals surface area contributed by atoms with Crippen molar-refractivity contribution in [2.24, 2.45) is 0 Å². The molecule has 0 bridgehead atoms. The molecular weight excluding hydrogens is 505 g/mol. The van der Waals surface area contributed by atoms with Crippen LogP contribution in [0.2, 0.25) is 5.02 Å². The predicted octanol–water partition coefficient (Wildman–Crippen LogP) is 4.62. The lowest BCUT2D eigenvalue weighted by atomic mass is 10.1. The number of aromatic nitrogens is 2. The molecule has 12 heteroatoms. The summed E-state index contributed by atoms with van der Waals surface area (Å²) in [7, 11) is 0. The lowest BCUT2D eigenvalue weighted by Gasteiger charge is -2.38. The molecule has 2 atom stereocenters. The molecule has 2 aromatic heterocycles. The minimum Gasteiger partial charge on any atom is -0.475 e. The quantitative estimate of drug-likeness (QED) is 0.536. The maximum atomic E-state index is 13.2. The van der Waals surface area contributed by atoms with Crippen LogP contribution >= 0.6 is 22.9 Å². The number of halogens is 4. The van der Waals surface area contributed by atoms with E-state index < -0.39 is 12.1 Å². The highest BCUT2D eigenvalue weighted by atomic mass is 35.5. The zero-order valence-corrected chi connectivity index (χ0v) is 20.1. The van der Waals surface area contributed by atoms with Gasteiger partial charge in [-0.3, -0.25) is 9.69 Å². The number of fused-ring (bicyclic) bond motifs is 3. The normalized spacial score (nSPS) is 19.7. The molecule has 3 aromatic rings. The summed E-state index contributed by atoms with van der Waals surface area (Å²) in [5.74, 6) is -2.65. The van der Waals surface area contributed by atoms with Gasteiger partial charge in [0.05, 0.1) is 29.3 Å². The lowest BCUT2D eigenvalue weighted by molar-refractivity contribution is -0.192. The molecule has 186 valence electrons. The van der Waals surface area contributed by atoms with Gasteiger partial charge in [0.15, 0.2) is 0 Å². The van der Waals surface area contributed by atoms with Crippen LogP contribution in [-0.2, 0) is 17.9 Å². The Balaban J connectivity index is 0.000000364. The van der Waals surface area contributed by atoms with E-state index in [4.69, 9.17) is 21.5 Å². The Hall–Kier alpha value is -2.89. The van der Waals surface area contributed by atoms with Gasteiger partial charge in [-0.05, 0) is 36.8 Å². The molecular formula is C23H22ClF3N4O3S. The van der Waals surface area contributed by atoms with Crippen LogP contribution in [-0.4, -0.2) is 61.6 Å². The summed E-state index contributed by atoms with van der Waals surface area (Å²) >= 11 is 7.65. The van der Waals surface area contributed by atoms with Crippen LogP contribution in [0.4, 0.5) is 13.2 Å². The molecule has 0 spiro atoms. The summed E-state index contributed by atoms with van der Waals surface area (Å²) in [5, 5.41) is 11.0. The van der Waals surface area contributed by atoms with Crippen molar-refractivity contribution in [2.45, 2.75) is 38.3 Å². The molecule has 2 aliphatic rings. The number of benzene rings is 1. The molecule has 2 unspecified atom stereocenters. The summed E-state index contributed by atoms with van der Waals surface area (Å²) in [6.45, 7) is 5.22. The number of hydrogen-bond acceptors (Lipinski definition) is 5. The van der Waals surface area contributed by atoms with Gasteiger partial charge in [0.2, 0.25) is 0 Å². The number of carboxylic acid groups (broad SMARTS) is 1. The highest BCUT2D eigenvalue weighted by molar-refractivity contribution is 7.09. The fourth-order valence-corrected chi connectivity index (χ4v) is 5.14. The molecule has 1 amide bonds. The van der Waals surface area contributed by atoms with Gasteiger partial charge in [-0.2, -0.15) is 13.2 Å². The van der Waals surface area contributed by atoms with E-state index in [9.17, 15) is 18.0 Å². The standard InChI is InChI=1S/C21H21ClN4OS.C2HF3O2/c1-14-23-17(13-28-14)10-26-20-12-24(9-15-4-6-16(22)7-5-15)11-19(20)25-8-2-3-18(25)21(26)27;3-2(4,5)1(6)7/h2-8,13,19-20H,9-12H2,1H3;(H,6,7). The SMILES string of the molecule is Cc1nc(CN2C(=O)c3cccn3C3CN(Cc4ccc(Cl)cc4)CC32)cs1.O=C(O)C(F)(F)F. The Morgan fingerprint density at radius 1 is 1.17 bits per heavy atom. The smallest absolute Gasteiger partial charge is 0.475 e. The van der Waals surface area contributed by atoms with Crippen molar-refractivity contribution in [3.05, 3.63) is 75.0 Å². The van der Waals surface area contributed by atoms with Crippen molar-refractivity contribution in [3.63, 3.8) is 0 Å². The number of carbonyl (C=O) groups excluding carboxylic acids is 1. The molecule has 0 saturated carbocycles. The number of aryl methyl sites for hydroxylation is 1. The molecule has 5 rings (SSSR count). The topological polar surface area (TPSA) is 78.7 Å². The van der Waals surface area contributed by atoms with Gasteiger partial charge in [-0.25, -0.2) is 9.78 Å². The zero-order chi connectivity index (χ0) is 25.3. The maximum Gasteiger partial charge on any atom is 0.490 e. The number of carbonyl (C=O) groups is 2. The van der Waals surface area contributed by atoms with Gasteiger partial charge < -0.3 is 14.6 Å². The molecule has 4 heterocycles. The van der Waals surface area contributed by atoms with Gasteiger partial charge in [-0.15, -0.1) is 11.3 Å². The molecule has 1 aromatic carbocycles. The highest BCUT2D eigenvalue weighted by Crippen LogP contribution is 2.35. The summed E-state index contributed by atoms with van der Waals surface area (Å²) < 4.78 is 33.9. The van der Waals surface area contributed by atoms with Crippen molar-refractivity contribution < 1.29 is 27.9 Å². The third kappa shape index (κ3) is 5.68. The van der Waals surface area contributed by atoms with Crippen molar-refractivity contribution >= 4 is 34.8 Å². The number of alkyl halides is 3. The van der Waals surface area contributed by atoms with Crippen LogP contribution in [0.3, 0.4) is 0 Å². The van der Waals surface area contributed by atoms with Crippen molar-refractivity contribution in [2.75, 3.05) is 13.1 Å². The maximum absolute atomic E-state index is 13.2. The predicted molar refractivity (Wildman–Crippen MR) is 124 cm³/mol. The fourth-order valence-electron chi connectivity index (χ4n) is 4.41. The van der Waals surface area contributed by atoms with E-state index in [1.54, 1.807) is 11.3 Å². The summed E-state index contributed by atoms with van der Waals surface area (Å²) in [6, 6.07) is 12.4. The zero-order valence-electron chi connectivity index (χ0n) is 18.6. The molecule has 0 aliphatic carbocycles. The number of rotatable bonds is 4. The van der Waals surface area contributed by atoms with Gasteiger partial charge in [0.1, 0.15) is 5.69 Å². The second-order valence-electron chi connectivity index (χ2n) is 8.35. The van der Waals surface area contributed by atoms with Gasteiger partial charge >= 0.3 is 12.1 Å². The Kier molecular flexibility index (Phi) is 7.20. The van der Waals surface area contributed by atoms with E-state index in [1.807, 2.05) is 42.3 Å². The number of amides is 1. The van der Waals surface area contributed by atoms with Crippen LogP contribution in [0.25, 0.3) is 0 Å². The van der Waals surface area contributed by atoms with E-state index in [2.05, 4.69) is 32.0 Å². The van der Waals surface area contributed by atoms with E-state index in [0.29, 0.717) is 6.54 Å². The number of likely N-dealkylation sites (tertiary alicyclic amines) is 1. The Labute approximate surface area is 208 Å². The summed E-state index contributed by atoms with van der Waals surface area (Å²) in [5.41, 5.74) is 3.00. The summed E-state index contributed by atoms with van der Waals surface area (Å²) in [4.78, 5) is 31.1. The third-order valence-corrected chi connectivity index (χ3v) is 6.99. The Bertz CT molecular complexity index is 1210. The lowest BCUT2D eigenvalue weighted by Crippen LogP contribution is -2.49. The van der Waals surface area contributed by atoms with Crippen molar-refractivity contribution in [3.8, 4) is 0 Å². The van der Waals surface area contributed by atoms with Gasteiger partial charge in [0.25, 0.3) is 5.91 Å². The number of aliphatic carboxylic acids is 1. The molecule has 2 aliphatic heterocycles. The number of carboxylic acids is 1. The Morgan fingerprint density at radius 3 is 2.43 bits per heavy atom. The first-order chi connectivity index (χ1) is 16.5. The van der Waals surface area contributed by atoms with Gasteiger partial charge in [-0.1, -0.05) is 23.7 Å². The first-order valence-electron chi connectivity index (χ1n) is 10.7. The monoisotopic (exact) mass is 526 g/mol. The first kappa shape index (κ1) is 25.2. The molecule has 1 saturated heterocycles. The number of thiazole rings is 1. The van der Waals surface area contributed by atoms with E-state index >= 15 is 0 Å². The fraction of sp³-hybridized carbons (Fsp3) is 0.348. The third-order valence-electron chi connectivity index (χ3n) is 5.91. The molecule has 7 nitrogen and oxygen atoms in total. The molecule has 1 fully saturated rings. The molecule has 35 heavy (non-hydrogen) atoms. The van der Waals surface area contributed by atoms with Crippen molar-refractivity contribution in [1.29, 1.82) is 0 Å². The van der Waals surface area contributed by atoms with Crippen LogP contribution < -0.4 is 0 Å². The minimum absolute atomic E-state index is 0.102. The van der Waals surface area contributed by atoms with E-state index in [-0.39, 0.29) is 18.0 Å². The van der Waals surface area contributed by atoms with Crippen LogP contribution in [0.5, 0.6) is 0 Å².